The summed E-state index contributed by atoms with van der Waals surface area (Å²) in [5, 5.41) is 18.7. The Bertz CT molecular complexity index is 708. The molecule has 0 radical (unpaired) electrons. The largest absolute Gasteiger partial charge is 0.508 e. The maximum absolute atomic E-state index is 11.9. The number of benzene rings is 1. The van der Waals surface area contributed by atoms with Crippen molar-refractivity contribution in [2.45, 2.75) is 24.7 Å². The van der Waals surface area contributed by atoms with Crippen molar-refractivity contribution < 1.29 is 34.1 Å². The second-order valence-electron chi connectivity index (χ2n) is 5.88. The monoisotopic (exact) mass is 318 g/mol. The summed E-state index contributed by atoms with van der Waals surface area (Å²) < 4.78 is 4.68. The highest BCUT2D eigenvalue weighted by molar-refractivity contribution is 6.00. The van der Waals surface area contributed by atoms with Gasteiger partial charge < -0.3 is 19.7 Å². The number of phenolic OH excluding ortho intramolecular Hbond substituents is 1. The molecule has 7 heteroatoms. The summed E-state index contributed by atoms with van der Waals surface area (Å²) in [6.45, 7) is 0. The zero-order valence-electron chi connectivity index (χ0n) is 12.0. The molecule has 2 aliphatic rings. The lowest BCUT2D eigenvalue weighted by atomic mass is 9.67. The van der Waals surface area contributed by atoms with E-state index in [9.17, 15) is 24.3 Å². The fraction of sp³-hybridized carbons (Fsp3) is 0.375. The summed E-state index contributed by atoms with van der Waals surface area (Å²) in [4.78, 5) is 46.1. The van der Waals surface area contributed by atoms with Crippen LogP contribution in [0.15, 0.2) is 18.2 Å². The number of aliphatic carboxylic acids is 1. The Balaban J connectivity index is 2.09. The molecule has 1 aromatic rings. The Hall–Kier alpha value is -2.70. The molecule has 1 saturated heterocycles. The molecule has 3 rings (SSSR count). The van der Waals surface area contributed by atoms with Crippen LogP contribution < -0.4 is 0 Å². The molecular weight excluding hydrogens is 304 g/mol. The zero-order valence-corrected chi connectivity index (χ0v) is 12.0. The Morgan fingerprint density at radius 2 is 2.04 bits per heavy atom. The van der Waals surface area contributed by atoms with Gasteiger partial charge in [0.1, 0.15) is 12.0 Å². The van der Waals surface area contributed by atoms with Crippen molar-refractivity contribution in [3.8, 4) is 5.75 Å². The number of fused-ring (bicyclic) bond motifs is 3. The van der Waals surface area contributed by atoms with Crippen LogP contribution in [0.25, 0.3) is 0 Å². The van der Waals surface area contributed by atoms with Gasteiger partial charge in [-0.25, -0.2) is 0 Å². The number of carboxylic acid groups (broad SMARTS) is 1. The Kier molecular flexibility index (Phi) is 3.63. The van der Waals surface area contributed by atoms with Crippen molar-refractivity contribution >= 4 is 24.2 Å². The number of aldehydes is 1. The molecule has 4 unspecified atom stereocenters. The average molecular weight is 318 g/mol. The Morgan fingerprint density at radius 1 is 1.30 bits per heavy atom. The van der Waals surface area contributed by atoms with Gasteiger partial charge in [-0.15, -0.1) is 0 Å². The number of carbonyl (C=O) groups is 4. The van der Waals surface area contributed by atoms with Gasteiger partial charge in [0.15, 0.2) is 0 Å². The predicted molar refractivity (Wildman–Crippen MR) is 74.6 cm³/mol. The SMILES string of the molecule is O=CC(CC(=O)O)C1CC2C(=O)OC(=O)C2c2cc(O)ccc21. The molecule has 1 aromatic carbocycles. The minimum absolute atomic E-state index is 0.0730. The van der Waals surface area contributed by atoms with Crippen molar-refractivity contribution in [1.82, 2.24) is 0 Å². The first kappa shape index (κ1) is 15.2. The van der Waals surface area contributed by atoms with Crippen molar-refractivity contribution in [3.05, 3.63) is 29.3 Å². The van der Waals surface area contributed by atoms with Gasteiger partial charge >= 0.3 is 17.9 Å². The van der Waals surface area contributed by atoms with Gasteiger partial charge in [-0.2, -0.15) is 0 Å². The lowest BCUT2D eigenvalue weighted by Crippen LogP contribution is -2.31. The molecule has 4 atom stereocenters. The highest BCUT2D eigenvalue weighted by Crippen LogP contribution is 2.50. The van der Waals surface area contributed by atoms with Gasteiger partial charge in [0.05, 0.1) is 18.3 Å². The molecule has 23 heavy (non-hydrogen) atoms. The van der Waals surface area contributed by atoms with Crippen LogP contribution in [0.4, 0.5) is 0 Å². The summed E-state index contributed by atoms with van der Waals surface area (Å²) in [7, 11) is 0. The van der Waals surface area contributed by atoms with Gasteiger partial charge in [0.2, 0.25) is 0 Å². The highest BCUT2D eigenvalue weighted by Gasteiger charge is 2.51. The number of rotatable bonds is 4. The highest BCUT2D eigenvalue weighted by atomic mass is 16.6. The average Bonchev–Trinajstić information content (AvgIpc) is 2.78. The van der Waals surface area contributed by atoms with Crippen LogP contribution in [0.3, 0.4) is 0 Å². The third-order valence-electron chi connectivity index (χ3n) is 4.57. The van der Waals surface area contributed by atoms with Crippen LogP contribution in [0.2, 0.25) is 0 Å². The summed E-state index contributed by atoms with van der Waals surface area (Å²) in [5.41, 5.74) is 1.04. The number of hydrogen-bond donors (Lipinski definition) is 2. The topological polar surface area (TPSA) is 118 Å². The first-order valence-corrected chi connectivity index (χ1v) is 7.17. The predicted octanol–water partition coefficient (Wildman–Crippen LogP) is 0.952. The molecule has 7 nitrogen and oxygen atoms in total. The fourth-order valence-corrected chi connectivity index (χ4v) is 3.58. The van der Waals surface area contributed by atoms with Crippen LogP contribution in [0.5, 0.6) is 5.75 Å². The van der Waals surface area contributed by atoms with E-state index in [1.807, 2.05) is 0 Å². The summed E-state index contributed by atoms with van der Waals surface area (Å²) in [6, 6.07) is 4.36. The smallest absolute Gasteiger partial charge is 0.321 e. The number of esters is 2. The van der Waals surface area contributed by atoms with Crippen LogP contribution in [-0.4, -0.2) is 34.4 Å². The van der Waals surface area contributed by atoms with Crippen molar-refractivity contribution in [3.63, 3.8) is 0 Å². The molecule has 0 amide bonds. The third kappa shape index (κ3) is 2.48. The molecule has 1 heterocycles. The molecule has 1 aliphatic carbocycles. The van der Waals surface area contributed by atoms with E-state index < -0.39 is 41.6 Å². The van der Waals surface area contributed by atoms with Crippen LogP contribution in [0, 0.1) is 11.8 Å². The van der Waals surface area contributed by atoms with Gasteiger partial charge in [-0.1, -0.05) is 6.07 Å². The van der Waals surface area contributed by atoms with E-state index in [1.165, 1.54) is 12.1 Å². The second-order valence-corrected chi connectivity index (χ2v) is 5.88. The number of carboxylic acids is 1. The maximum Gasteiger partial charge on any atom is 0.321 e. The summed E-state index contributed by atoms with van der Waals surface area (Å²) in [5.74, 6) is -5.42. The minimum Gasteiger partial charge on any atom is -0.508 e. The van der Waals surface area contributed by atoms with Gasteiger partial charge in [-0.05, 0) is 35.6 Å². The van der Waals surface area contributed by atoms with E-state index >= 15 is 0 Å². The Labute approximate surface area is 130 Å². The van der Waals surface area contributed by atoms with Gasteiger partial charge in [0, 0.05) is 5.92 Å². The number of carbonyl (C=O) groups excluding carboxylic acids is 3. The maximum atomic E-state index is 11.9. The van der Waals surface area contributed by atoms with Crippen molar-refractivity contribution in [2.75, 3.05) is 0 Å². The number of aromatic hydroxyl groups is 1. The normalized spacial score (nSPS) is 26.9. The molecule has 1 aliphatic heterocycles. The molecule has 2 N–H and O–H groups in total. The van der Waals surface area contributed by atoms with Crippen LogP contribution >= 0.6 is 0 Å². The number of phenols is 1. The van der Waals surface area contributed by atoms with E-state index in [-0.39, 0.29) is 18.6 Å². The van der Waals surface area contributed by atoms with E-state index in [4.69, 9.17) is 5.11 Å². The first-order chi connectivity index (χ1) is 10.9. The number of cyclic esters (lactones) is 2. The summed E-state index contributed by atoms with van der Waals surface area (Å²) in [6.07, 6.45) is 0.371. The molecular formula is C16H14O7. The van der Waals surface area contributed by atoms with E-state index in [2.05, 4.69) is 4.74 Å². The third-order valence-corrected chi connectivity index (χ3v) is 4.57. The summed E-state index contributed by atoms with van der Waals surface area (Å²) >= 11 is 0. The number of ether oxygens (including phenoxy) is 1. The van der Waals surface area contributed by atoms with E-state index in [0.29, 0.717) is 17.4 Å². The van der Waals surface area contributed by atoms with Gasteiger partial charge in [-0.3, -0.25) is 14.4 Å². The quantitative estimate of drug-likeness (QED) is 0.482. The van der Waals surface area contributed by atoms with Crippen LogP contribution in [0.1, 0.15) is 35.8 Å². The standard InChI is InChI=1S/C16H14O7/c17-6-7(3-13(19)20)10-5-12-14(16(22)23-15(12)21)11-4-8(18)1-2-9(10)11/h1-2,4,6-7,10,12,14,18H,3,5H2,(H,19,20). The minimum atomic E-state index is -1.12. The van der Waals surface area contributed by atoms with Gasteiger partial charge in [0.25, 0.3) is 0 Å². The second kappa shape index (κ2) is 5.49. The molecule has 0 aromatic heterocycles. The Morgan fingerprint density at radius 3 is 2.70 bits per heavy atom. The van der Waals surface area contributed by atoms with E-state index in [0.717, 1.165) is 0 Å². The molecule has 1 fully saturated rings. The van der Waals surface area contributed by atoms with Crippen LogP contribution in [-0.2, 0) is 23.9 Å². The molecule has 0 bridgehead atoms. The first-order valence-electron chi connectivity index (χ1n) is 7.17. The molecule has 120 valence electrons. The van der Waals surface area contributed by atoms with E-state index in [1.54, 1.807) is 6.07 Å². The molecule has 0 saturated carbocycles. The van der Waals surface area contributed by atoms with Crippen molar-refractivity contribution in [2.24, 2.45) is 11.8 Å². The lowest BCUT2D eigenvalue weighted by Gasteiger charge is -2.33. The zero-order chi connectivity index (χ0) is 16.7. The lowest BCUT2D eigenvalue weighted by molar-refractivity contribution is -0.153. The van der Waals surface area contributed by atoms with Crippen molar-refractivity contribution in [1.29, 1.82) is 0 Å². The fourth-order valence-electron chi connectivity index (χ4n) is 3.58. The number of hydrogen-bond acceptors (Lipinski definition) is 6. The molecule has 0 spiro atoms.